The molecule has 3 N–H and O–H groups in total. The van der Waals surface area contributed by atoms with E-state index in [4.69, 9.17) is 5.11 Å². The minimum Gasteiger partial charge on any atom is -0.395 e. The summed E-state index contributed by atoms with van der Waals surface area (Å²) in [7, 11) is 0. The van der Waals surface area contributed by atoms with Gasteiger partial charge in [-0.3, -0.25) is 4.79 Å². The molecule has 4 nitrogen and oxygen atoms in total. The van der Waals surface area contributed by atoms with Crippen molar-refractivity contribution in [3.8, 4) is 0 Å². The topological polar surface area (TPSA) is 61.4 Å². The molecular weight excluding hydrogens is 320 g/mol. The molecule has 1 heterocycles. The quantitative estimate of drug-likeness (QED) is 0.643. The van der Waals surface area contributed by atoms with Crippen LogP contribution in [0.4, 0.5) is 5.69 Å². The maximum atomic E-state index is 12.1. The number of hydrogen-bond donors (Lipinski definition) is 3. The summed E-state index contributed by atoms with van der Waals surface area (Å²) >= 11 is 1.74. The SMILES string of the molecule is Cc1c(NCc2csc3ccccc23)cccc1C(=O)NCCO. The molecule has 0 aliphatic rings. The van der Waals surface area contributed by atoms with Crippen molar-refractivity contribution in [1.82, 2.24) is 5.32 Å². The molecule has 1 amide bonds. The summed E-state index contributed by atoms with van der Waals surface area (Å²) in [4.78, 5) is 12.1. The Kier molecular flexibility index (Phi) is 5.13. The van der Waals surface area contributed by atoms with Crippen molar-refractivity contribution in [2.24, 2.45) is 0 Å². The third-order valence-corrected chi connectivity index (χ3v) is 5.02. The van der Waals surface area contributed by atoms with Crippen LogP contribution in [0.5, 0.6) is 0 Å². The Balaban J connectivity index is 1.77. The Morgan fingerprint density at radius 3 is 2.83 bits per heavy atom. The standard InChI is InChI=1S/C19H20N2O2S/c1-13-15(19(23)20-9-10-22)6-4-7-17(13)21-11-14-12-24-18-8-3-2-5-16(14)18/h2-8,12,21-22H,9-11H2,1H3,(H,20,23). The maximum Gasteiger partial charge on any atom is 0.251 e. The Morgan fingerprint density at radius 2 is 2.00 bits per heavy atom. The molecule has 1 aromatic heterocycles. The Hall–Kier alpha value is -2.37. The second-order valence-corrected chi connectivity index (χ2v) is 6.48. The number of carbonyl (C=O) groups excluding carboxylic acids is 1. The van der Waals surface area contributed by atoms with Crippen LogP contribution >= 0.6 is 11.3 Å². The molecule has 0 fully saturated rings. The first-order valence-electron chi connectivity index (χ1n) is 7.88. The second-order valence-electron chi connectivity index (χ2n) is 5.57. The fourth-order valence-electron chi connectivity index (χ4n) is 2.70. The molecule has 0 spiro atoms. The van der Waals surface area contributed by atoms with Crippen molar-refractivity contribution < 1.29 is 9.90 Å². The number of fused-ring (bicyclic) bond motifs is 1. The van der Waals surface area contributed by atoms with Crippen LogP contribution in [0.25, 0.3) is 10.1 Å². The summed E-state index contributed by atoms with van der Waals surface area (Å²) in [6.45, 7) is 2.85. The Morgan fingerprint density at radius 1 is 1.17 bits per heavy atom. The molecule has 0 unspecified atom stereocenters. The zero-order valence-corrected chi connectivity index (χ0v) is 14.3. The van der Waals surface area contributed by atoms with E-state index in [-0.39, 0.29) is 19.1 Å². The number of aliphatic hydroxyl groups is 1. The largest absolute Gasteiger partial charge is 0.395 e. The fraction of sp³-hybridized carbons (Fsp3) is 0.211. The molecule has 2 aromatic carbocycles. The lowest BCUT2D eigenvalue weighted by Crippen LogP contribution is -2.27. The van der Waals surface area contributed by atoms with E-state index in [1.165, 1.54) is 15.6 Å². The third-order valence-electron chi connectivity index (χ3n) is 4.01. The molecular formula is C19H20N2O2S. The van der Waals surface area contributed by atoms with Gasteiger partial charge in [0.05, 0.1) is 6.61 Å². The summed E-state index contributed by atoms with van der Waals surface area (Å²) in [6.07, 6.45) is 0. The summed E-state index contributed by atoms with van der Waals surface area (Å²) in [6, 6.07) is 14.0. The number of hydrogen-bond acceptors (Lipinski definition) is 4. The summed E-state index contributed by atoms with van der Waals surface area (Å²) < 4.78 is 1.28. The van der Waals surface area contributed by atoms with Gasteiger partial charge in [0, 0.05) is 29.0 Å². The molecule has 0 atom stereocenters. The highest BCUT2D eigenvalue weighted by atomic mass is 32.1. The highest BCUT2D eigenvalue weighted by Crippen LogP contribution is 2.27. The lowest BCUT2D eigenvalue weighted by Gasteiger charge is -2.13. The van der Waals surface area contributed by atoms with Gasteiger partial charge in [-0.05, 0) is 47.0 Å². The normalized spacial score (nSPS) is 10.8. The van der Waals surface area contributed by atoms with Crippen LogP contribution < -0.4 is 10.6 Å². The van der Waals surface area contributed by atoms with E-state index in [2.05, 4.69) is 40.3 Å². The lowest BCUT2D eigenvalue weighted by molar-refractivity contribution is 0.0944. The molecule has 0 bridgehead atoms. The van der Waals surface area contributed by atoms with E-state index in [1.54, 1.807) is 17.4 Å². The zero-order valence-electron chi connectivity index (χ0n) is 13.5. The van der Waals surface area contributed by atoms with Crippen molar-refractivity contribution in [1.29, 1.82) is 0 Å². The van der Waals surface area contributed by atoms with Crippen LogP contribution in [0.15, 0.2) is 47.8 Å². The number of benzene rings is 2. The number of amides is 1. The van der Waals surface area contributed by atoms with Crippen molar-refractivity contribution in [3.63, 3.8) is 0 Å². The predicted octanol–water partition coefficient (Wildman–Crippen LogP) is 3.54. The zero-order chi connectivity index (χ0) is 16.9. The first-order chi connectivity index (χ1) is 11.7. The summed E-state index contributed by atoms with van der Waals surface area (Å²) in [5.41, 5.74) is 3.74. The fourth-order valence-corrected chi connectivity index (χ4v) is 3.66. The minimum absolute atomic E-state index is 0.0615. The predicted molar refractivity (Wildman–Crippen MR) is 99.7 cm³/mol. The number of anilines is 1. The molecule has 124 valence electrons. The van der Waals surface area contributed by atoms with Gasteiger partial charge in [-0.1, -0.05) is 24.3 Å². The van der Waals surface area contributed by atoms with Crippen molar-refractivity contribution in [2.75, 3.05) is 18.5 Å². The Bertz CT molecular complexity index is 857. The number of nitrogens with one attached hydrogen (secondary N) is 2. The van der Waals surface area contributed by atoms with Gasteiger partial charge in [-0.15, -0.1) is 11.3 Å². The van der Waals surface area contributed by atoms with Gasteiger partial charge in [-0.2, -0.15) is 0 Å². The van der Waals surface area contributed by atoms with Crippen LogP contribution in [0.2, 0.25) is 0 Å². The molecule has 0 aliphatic heterocycles. The number of aliphatic hydroxyl groups excluding tert-OH is 1. The molecule has 0 radical (unpaired) electrons. The molecule has 0 saturated carbocycles. The average Bonchev–Trinajstić information content (AvgIpc) is 3.02. The molecule has 24 heavy (non-hydrogen) atoms. The van der Waals surface area contributed by atoms with Gasteiger partial charge in [0.15, 0.2) is 0 Å². The van der Waals surface area contributed by atoms with E-state index in [0.29, 0.717) is 12.1 Å². The summed E-state index contributed by atoms with van der Waals surface area (Å²) in [5, 5.41) is 18.4. The van der Waals surface area contributed by atoms with Crippen molar-refractivity contribution in [2.45, 2.75) is 13.5 Å². The van der Waals surface area contributed by atoms with Crippen LogP contribution in [0.1, 0.15) is 21.5 Å². The van der Waals surface area contributed by atoms with Crippen molar-refractivity contribution >= 4 is 33.0 Å². The second kappa shape index (κ2) is 7.47. The van der Waals surface area contributed by atoms with Crippen LogP contribution in [0.3, 0.4) is 0 Å². The first-order valence-corrected chi connectivity index (χ1v) is 8.76. The third kappa shape index (κ3) is 3.42. The molecule has 0 aliphatic carbocycles. The van der Waals surface area contributed by atoms with Crippen LogP contribution in [-0.4, -0.2) is 24.2 Å². The number of rotatable bonds is 6. The Labute approximate surface area is 145 Å². The monoisotopic (exact) mass is 340 g/mol. The molecule has 3 aromatic rings. The van der Waals surface area contributed by atoms with Gasteiger partial charge in [-0.25, -0.2) is 0 Å². The van der Waals surface area contributed by atoms with Gasteiger partial charge in [0.25, 0.3) is 5.91 Å². The smallest absolute Gasteiger partial charge is 0.251 e. The highest BCUT2D eigenvalue weighted by Gasteiger charge is 2.11. The molecule has 5 heteroatoms. The van der Waals surface area contributed by atoms with Gasteiger partial charge in [0.2, 0.25) is 0 Å². The van der Waals surface area contributed by atoms with Gasteiger partial charge < -0.3 is 15.7 Å². The average molecular weight is 340 g/mol. The van der Waals surface area contributed by atoms with Crippen LogP contribution in [0, 0.1) is 6.92 Å². The number of thiophene rings is 1. The first kappa shape index (κ1) is 16.5. The minimum atomic E-state index is -0.161. The lowest BCUT2D eigenvalue weighted by atomic mass is 10.1. The van der Waals surface area contributed by atoms with E-state index in [1.807, 2.05) is 19.1 Å². The maximum absolute atomic E-state index is 12.1. The molecule has 3 rings (SSSR count). The van der Waals surface area contributed by atoms with Crippen molar-refractivity contribution in [3.05, 3.63) is 64.5 Å². The number of carbonyl (C=O) groups is 1. The highest BCUT2D eigenvalue weighted by molar-refractivity contribution is 7.17. The van der Waals surface area contributed by atoms with E-state index in [9.17, 15) is 4.79 Å². The summed E-state index contributed by atoms with van der Waals surface area (Å²) in [5.74, 6) is -0.161. The van der Waals surface area contributed by atoms with Gasteiger partial charge in [0.1, 0.15) is 0 Å². The van der Waals surface area contributed by atoms with E-state index in [0.717, 1.165) is 11.3 Å². The van der Waals surface area contributed by atoms with E-state index < -0.39 is 0 Å². The van der Waals surface area contributed by atoms with Crippen LogP contribution in [-0.2, 0) is 6.54 Å². The van der Waals surface area contributed by atoms with E-state index >= 15 is 0 Å². The molecule has 0 saturated heterocycles. The van der Waals surface area contributed by atoms with Gasteiger partial charge >= 0.3 is 0 Å².